The molecule has 2 unspecified atom stereocenters. The number of aliphatic hydroxyl groups is 1. The minimum absolute atomic E-state index is 0.00781. The normalized spacial score (nSPS) is 21.2. The number of aliphatic hydroxyl groups excluding tert-OH is 1. The molecule has 1 amide bonds. The number of benzene rings is 1. The van der Waals surface area contributed by atoms with Crippen molar-refractivity contribution in [2.24, 2.45) is 5.92 Å². The second-order valence-corrected chi connectivity index (χ2v) is 6.71. The monoisotopic (exact) mass is 342 g/mol. The SMILES string of the molecule is O=C(CCc1ccco1)NC1CN(Cc2ccccc2)CCC1CO. The molecule has 1 aromatic carbocycles. The van der Waals surface area contributed by atoms with Crippen LogP contribution in [0.25, 0.3) is 0 Å². The molecule has 0 radical (unpaired) electrons. The van der Waals surface area contributed by atoms with E-state index in [1.54, 1.807) is 6.26 Å². The van der Waals surface area contributed by atoms with Crippen LogP contribution in [-0.2, 0) is 17.8 Å². The van der Waals surface area contributed by atoms with Gasteiger partial charge in [0.2, 0.25) is 5.91 Å². The summed E-state index contributed by atoms with van der Waals surface area (Å²) in [6, 6.07) is 14.1. The summed E-state index contributed by atoms with van der Waals surface area (Å²) in [7, 11) is 0. The maximum absolute atomic E-state index is 12.3. The number of aryl methyl sites for hydroxylation is 1. The van der Waals surface area contributed by atoms with Crippen LogP contribution in [0, 0.1) is 5.92 Å². The van der Waals surface area contributed by atoms with Gasteiger partial charge in [-0.3, -0.25) is 9.69 Å². The molecule has 2 aromatic rings. The van der Waals surface area contributed by atoms with E-state index in [0.29, 0.717) is 12.8 Å². The largest absolute Gasteiger partial charge is 0.469 e. The number of piperidine rings is 1. The second kappa shape index (κ2) is 8.83. The average molecular weight is 342 g/mol. The minimum Gasteiger partial charge on any atom is -0.469 e. The molecule has 0 aliphatic carbocycles. The van der Waals surface area contributed by atoms with Crippen LogP contribution in [0.4, 0.5) is 0 Å². The van der Waals surface area contributed by atoms with Gasteiger partial charge in [-0.2, -0.15) is 0 Å². The fraction of sp³-hybridized carbons (Fsp3) is 0.450. The van der Waals surface area contributed by atoms with Gasteiger partial charge in [0.1, 0.15) is 5.76 Å². The van der Waals surface area contributed by atoms with Crippen LogP contribution in [0.15, 0.2) is 53.1 Å². The van der Waals surface area contributed by atoms with Gasteiger partial charge in [0, 0.05) is 44.5 Å². The summed E-state index contributed by atoms with van der Waals surface area (Å²) < 4.78 is 5.27. The van der Waals surface area contributed by atoms with Crippen molar-refractivity contribution in [2.75, 3.05) is 19.7 Å². The Balaban J connectivity index is 1.52. The van der Waals surface area contributed by atoms with Crippen LogP contribution in [0.5, 0.6) is 0 Å². The van der Waals surface area contributed by atoms with Crippen molar-refractivity contribution in [2.45, 2.75) is 31.8 Å². The predicted molar refractivity (Wildman–Crippen MR) is 95.9 cm³/mol. The number of hydrogen-bond donors (Lipinski definition) is 2. The average Bonchev–Trinajstić information content (AvgIpc) is 3.15. The number of amides is 1. The summed E-state index contributed by atoms with van der Waals surface area (Å²) in [5.74, 6) is 0.962. The Morgan fingerprint density at radius 3 is 2.80 bits per heavy atom. The summed E-state index contributed by atoms with van der Waals surface area (Å²) in [6.07, 6.45) is 3.52. The summed E-state index contributed by atoms with van der Waals surface area (Å²) in [6.45, 7) is 2.70. The van der Waals surface area contributed by atoms with E-state index >= 15 is 0 Å². The first-order valence-corrected chi connectivity index (χ1v) is 8.93. The molecule has 134 valence electrons. The number of nitrogens with one attached hydrogen (secondary N) is 1. The highest BCUT2D eigenvalue weighted by atomic mass is 16.3. The fourth-order valence-electron chi connectivity index (χ4n) is 3.41. The van der Waals surface area contributed by atoms with Crippen molar-refractivity contribution >= 4 is 5.91 Å². The lowest BCUT2D eigenvalue weighted by Crippen LogP contribution is -2.53. The lowest BCUT2D eigenvalue weighted by atomic mass is 9.91. The molecule has 5 nitrogen and oxygen atoms in total. The summed E-state index contributed by atoms with van der Waals surface area (Å²) in [4.78, 5) is 14.6. The highest BCUT2D eigenvalue weighted by Gasteiger charge is 2.29. The number of rotatable bonds is 7. The van der Waals surface area contributed by atoms with E-state index in [-0.39, 0.29) is 24.5 Å². The summed E-state index contributed by atoms with van der Waals surface area (Å²) in [5.41, 5.74) is 1.27. The van der Waals surface area contributed by atoms with Gasteiger partial charge in [0.25, 0.3) is 0 Å². The van der Waals surface area contributed by atoms with Gasteiger partial charge in [-0.15, -0.1) is 0 Å². The van der Waals surface area contributed by atoms with E-state index in [9.17, 15) is 9.90 Å². The van der Waals surface area contributed by atoms with Crippen LogP contribution in [0.1, 0.15) is 24.2 Å². The molecule has 1 aliphatic rings. The molecule has 1 fully saturated rings. The highest BCUT2D eigenvalue weighted by Crippen LogP contribution is 2.19. The molecule has 0 saturated carbocycles. The molecule has 1 saturated heterocycles. The summed E-state index contributed by atoms with van der Waals surface area (Å²) in [5, 5.41) is 12.8. The van der Waals surface area contributed by atoms with E-state index in [1.165, 1.54) is 5.56 Å². The Labute approximate surface area is 148 Å². The third-order valence-electron chi connectivity index (χ3n) is 4.85. The quantitative estimate of drug-likeness (QED) is 0.810. The first kappa shape index (κ1) is 17.7. The molecule has 1 aliphatic heterocycles. The van der Waals surface area contributed by atoms with Gasteiger partial charge < -0.3 is 14.8 Å². The third kappa shape index (κ3) is 5.18. The first-order chi connectivity index (χ1) is 12.2. The fourth-order valence-corrected chi connectivity index (χ4v) is 3.41. The van der Waals surface area contributed by atoms with E-state index in [4.69, 9.17) is 4.42 Å². The zero-order valence-electron chi connectivity index (χ0n) is 14.4. The van der Waals surface area contributed by atoms with Crippen LogP contribution >= 0.6 is 0 Å². The van der Waals surface area contributed by atoms with Crippen LogP contribution in [0.3, 0.4) is 0 Å². The Morgan fingerprint density at radius 2 is 2.08 bits per heavy atom. The number of nitrogens with zero attached hydrogens (tertiary/aromatic N) is 1. The maximum Gasteiger partial charge on any atom is 0.220 e. The standard InChI is InChI=1S/C20H26N2O3/c23-15-17-10-11-22(13-16-5-2-1-3-6-16)14-19(17)21-20(24)9-8-18-7-4-12-25-18/h1-7,12,17,19,23H,8-11,13-15H2,(H,21,24). The molecule has 1 aromatic heterocycles. The van der Waals surface area contributed by atoms with Crippen LogP contribution < -0.4 is 5.32 Å². The number of furan rings is 1. The smallest absolute Gasteiger partial charge is 0.220 e. The van der Waals surface area contributed by atoms with Crippen molar-refractivity contribution in [3.05, 3.63) is 60.1 Å². The van der Waals surface area contributed by atoms with E-state index in [1.807, 2.05) is 30.3 Å². The van der Waals surface area contributed by atoms with Gasteiger partial charge >= 0.3 is 0 Å². The molecular weight excluding hydrogens is 316 g/mol. The van der Waals surface area contributed by atoms with Crippen molar-refractivity contribution in [1.29, 1.82) is 0 Å². The second-order valence-electron chi connectivity index (χ2n) is 6.71. The molecule has 2 N–H and O–H groups in total. The third-order valence-corrected chi connectivity index (χ3v) is 4.85. The Kier molecular flexibility index (Phi) is 6.25. The zero-order chi connectivity index (χ0) is 17.5. The summed E-state index contributed by atoms with van der Waals surface area (Å²) >= 11 is 0. The van der Waals surface area contributed by atoms with Gasteiger partial charge in [0.05, 0.1) is 6.26 Å². The van der Waals surface area contributed by atoms with Crippen LogP contribution in [0.2, 0.25) is 0 Å². The molecular formula is C20H26N2O3. The zero-order valence-corrected chi connectivity index (χ0v) is 14.4. The molecule has 0 bridgehead atoms. The number of carbonyl (C=O) groups excluding carboxylic acids is 1. The number of likely N-dealkylation sites (tertiary alicyclic amines) is 1. The first-order valence-electron chi connectivity index (χ1n) is 8.93. The number of carbonyl (C=O) groups is 1. The van der Waals surface area contributed by atoms with Gasteiger partial charge in [-0.05, 0) is 30.7 Å². The Hall–Kier alpha value is -2.11. The van der Waals surface area contributed by atoms with Crippen molar-refractivity contribution in [1.82, 2.24) is 10.2 Å². The predicted octanol–water partition coefficient (Wildman–Crippen LogP) is 2.21. The van der Waals surface area contributed by atoms with E-state index in [0.717, 1.165) is 31.8 Å². The van der Waals surface area contributed by atoms with E-state index in [2.05, 4.69) is 22.3 Å². The topological polar surface area (TPSA) is 65.7 Å². The lowest BCUT2D eigenvalue weighted by molar-refractivity contribution is -0.122. The van der Waals surface area contributed by atoms with Gasteiger partial charge in [-0.25, -0.2) is 0 Å². The minimum atomic E-state index is -0.00781. The molecule has 25 heavy (non-hydrogen) atoms. The Bertz CT molecular complexity index is 642. The highest BCUT2D eigenvalue weighted by molar-refractivity contribution is 5.76. The Morgan fingerprint density at radius 1 is 1.24 bits per heavy atom. The molecule has 0 spiro atoms. The van der Waals surface area contributed by atoms with Crippen molar-refractivity contribution in [3.63, 3.8) is 0 Å². The van der Waals surface area contributed by atoms with Crippen LogP contribution in [-0.4, -0.2) is 41.7 Å². The van der Waals surface area contributed by atoms with Gasteiger partial charge in [0.15, 0.2) is 0 Å². The number of hydrogen-bond acceptors (Lipinski definition) is 4. The van der Waals surface area contributed by atoms with E-state index < -0.39 is 0 Å². The molecule has 2 heterocycles. The van der Waals surface area contributed by atoms with Gasteiger partial charge in [-0.1, -0.05) is 30.3 Å². The molecule has 5 heteroatoms. The van der Waals surface area contributed by atoms with Crippen molar-refractivity contribution in [3.8, 4) is 0 Å². The van der Waals surface area contributed by atoms with Crippen molar-refractivity contribution < 1.29 is 14.3 Å². The molecule has 3 rings (SSSR count). The maximum atomic E-state index is 12.3. The molecule has 2 atom stereocenters. The lowest BCUT2D eigenvalue weighted by Gasteiger charge is -2.38.